The summed E-state index contributed by atoms with van der Waals surface area (Å²) >= 11 is 0. The summed E-state index contributed by atoms with van der Waals surface area (Å²) in [5.74, 6) is 1.24. The van der Waals surface area contributed by atoms with E-state index in [9.17, 15) is 4.79 Å². The maximum atomic E-state index is 12.1. The van der Waals surface area contributed by atoms with Crippen molar-refractivity contribution < 1.29 is 9.53 Å². The zero-order valence-corrected chi connectivity index (χ0v) is 16.3. The lowest BCUT2D eigenvalue weighted by molar-refractivity contribution is -0.119. The molecule has 2 N–H and O–H groups in total. The minimum Gasteiger partial charge on any atom is -0.457 e. The van der Waals surface area contributed by atoms with E-state index in [0.717, 1.165) is 27.8 Å². The Labute approximate surface area is 175 Å². The van der Waals surface area contributed by atoms with Crippen molar-refractivity contribution in [1.29, 1.82) is 0 Å². The van der Waals surface area contributed by atoms with E-state index in [4.69, 9.17) is 4.74 Å². The van der Waals surface area contributed by atoms with Gasteiger partial charge in [0.05, 0.1) is 12.8 Å². The van der Waals surface area contributed by atoms with Crippen molar-refractivity contribution in [1.82, 2.24) is 5.43 Å². The van der Waals surface area contributed by atoms with Crippen LogP contribution in [0.5, 0.6) is 11.5 Å². The van der Waals surface area contributed by atoms with Gasteiger partial charge < -0.3 is 10.1 Å². The molecule has 0 atom stereocenters. The van der Waals surface area contributed by atoms with Gasteiger partial charge >= 0.3 is 0 Å². The number of nitrogens with zero attached hydrogens (tertiary/aromatic N) is 1. The number of rotatable bonds is 7. The molecule has 0 aliphatic rings. The van der Waals surface area contributed by atoms with E-state index >= 15 is 0 Å². The molecule has 5 nitrogen and oxygen atoms in total. The molecule has 0 heterocycles. The Hall–Kier alpha value is -4.12. The second-order valence-corrected chi connectivity index (χ2v) is 6.70. The third kappa shape index (κ3) is 5.23. The molecule has 0 saturated carbocycles. The summed E-state index contributed by atoms with van der Waals surface area (Å²) in [6.07, 6.45) is 1.59. The van der Waals surface area contributed by atoms with E-state index < -0.39 is 0 Å². The second-order valence-electron chi connectivity index (χ2n) is 6.70. The van der Waals surface area contributed by atoms with Crippen molar-refractivity contribution in [3.8, 4) is 11.5 Å². The summed E-state index contributed by atoms with van der Waals surface area (Å²) in [4.78, 5) is 12.1. The third-order valence-corrected chi connectivity index (χ3v) is 4.44. The Morgan fingerprint density at radius 1 is 0.800 bits per heavy atom. The van der Waals surface area contributed by atoms with Gasteiger partial charge in [0.2, 0.25) is 0 Å². The summed E-state index contributed by atoms with van der Waals surface area (Å²) < 4.78 is 5.81. The van der Waals surface area contributed by atoms with Gasteiger partial charge in [0.25, 0.3) is 5.91 Å². The number of para-hydroxylation sites is 1. The molecule has 4 aromatic carbocycles. The lowest BCUT2D eigenvalue weighted by Gasteiger charge is -2.07. The highest BCUT2D eigenvalue weighted by molar-refractivity contribution is 5.87. The van der Waals surface area contributed by atoms with Crippen molar-refractivity contribution in [3.05, 3.63) is 103 Å². The highest BCUT2D eigenvalue weighted by atomic mass is 16.5. The zero-order valence-electron chi connectivity index (χ0n) is 16.3. The normalized spacial score (nSPS) is 10.8. The van der Waals surface area contributed by atoms with Crippen molar-refractivity contribution in [2.45, 2.75) is 0 Å². The van der Waals surface area contributed by atoms with E-state index in [2.05, 4.69) is 21.9 Å². The van der Waals surface area contributed by atoms with E-state index in [1.165, 1.54) is 0 Å². The molecule has 30 heavy (non-hydrogen) atoms. The van der Waals surface area contributed by atoms with Crippen LogP contribution in [0.25, 0.3) is 10.8 Å². The molecular formula is C25H21N3O2. The van der Waals surface area contributed by atoms with Gasteiger partial charge in [-0.2, -0.15) is 5.10 Å². The van der Waals surface area contributed by atoms with Gasteiger partial charge in [0.15, 0.2) is 0 Å². The van der Waals surface area contributed by atoms with E-state index in [1.54, 1.807) is 6.21 Å². The largest absolute Gasteiger partial charge is 0.457 e. The van der Waals surface area contributed by atoms with Crippen LogP contribution in [-0.2, 0) is 4.79 Å². The number of benzene rings is 4. The van der Waals surface area contributed by atoms with Crippen LogP contribution in [0.4, 0.5) is 5.69 Å². The topological polar surface area (TPSA) is 62.7 Å². The highest BCUT2D eigenvalue weighted by Gasteiger charge is 2.01. The van der Waals surface area contributed by atoms with Crippen LogP contribution in [0.1, 0.15) is 5.56 Å². The molecule has 0 aromatic heterocycles. The molecule has 4 aromatic rings. The maximum Gasteiger partial charge on any atom is 0.259 e. The van der Waals surface area contributed by atoms with E-state index in [0.29, 0.717) is 5.75 Å². The Bertz CT molecular complexity index is 1170. The second kappa shape index (κ2) is 9.39. The third-order valence-electron chi connectivity index (χ3n) is 4.44. The van der Waals surface area contributed by atoms with Crippen LogP contribution in [0, 0.1) is 0 Å². The minimum absolute atomic E-state index is 0.132. The van der Waals surface area contributed by atoms with Crippen molar-refractivity contribution in [2.24, 2.45) is 5.10 Å². The van der Waals surface area contributed by atoms with Crippen LogP contribution in [0.3, 0.4) is 0 Å². The molecule has 148 valence electrons. The van der Waals surface area contributed by atoms with Gasteiger partial charge in [-0.3, -0.25) is 4.79 Å². The van der Waals surface area contributed by atoms with Crippen LogP contribution in [-0.4, -0.2) is 18.7 Å². The van der Waals surface area contributed by atoms with Gasteiger partial charge in [-0.25, -0.2) is 5.43 Å². The predicted molar refractivity (Wildman–Crippen MR) is 121 cm³/mol. The predicted octanol–water partition coefficient (Wildman–Crippen LogP) is 5.19. The van der Waals surface area contributed by atoms with Crippen molar-refractivity contribution >= 4 is 28.6 Å². The fourth-order valence-corrected chi connectivity index (χ4v) is 2.98. The first-order valence-corrected chi connectivity index (χ1v) is 9.64. The number of amides is 1. The van der Waals surface area contributed by atoms with Crippen LogP contribution < -0.4 is 15.5 Å². The van der Waals surface area contributed by atoms with Crippen molar-refractivity contribution in [2.75, 3.05) is 11.9 Å². The first kappa shape index (κ1) is 19.2. The molecule has 0 aliphatic carbocycles. The van der Waals surface area contributed by atoms with E-state index in [1.807, 2.05) is 91.0 Å². The van der Waals surface area contributed by atoms with Gasteiger partial charge in [-0.05, 0) is 52.7 Å². The number of anilines is 1. The molecule has 0 spiro atoms. The number of nitrogens with one attached hydrogen (secondary N) is 2. The number of ether oxygens (including phenoxy) is 1. The van der Waals surface area contributed by atoms with E-state index in [-0.39, 0.29) is 12.5 Å². The number of carbonyl (C=O) groups excluding carboxylic acids is 1. The minimum atomic E-state index is -0.226. The molecule has 0 aliphatic heterocycles. The molecule has 0 bridgehead atoms. The lowest BCUT2D eigenvalue weighted by atomic mass is 10.1. The number of hydrazone groups is 1. The van der Waals surface area contributed by atoms with Crippen molar-refractivity contribution in [3.63, 3.8) is 0 Å². The molecule has 0 radical (unpaired) electrons. The lowest BCUT2D eigenvalue weighted by Crippen LogP contribution is -2.25. The molecule has 0 saturated heterocycles. The molecule has 0 fully saturated rings. The summed E-state index contributed by atoms with van der Waals surface area (Å²) in [5, 5.41) is 9.43. The Morgan fingerprint density at radius 2 is 1.57 bits per heavy atom. The Balaban J connectivity index is 1.29. The Kier molecular flexibility index (Phi) is 6.01. The number of fused-ring (bicyclic) bond motifs is 1. The molecular weight excluding hydrogens is 374 g/mol. The number of hydrogen-bond acceptors (Lipinski definition) is 4. The summed E-state index contributed by atoms with van der Waals surface area (Å²) in [6.45, 7) is 0.132. The quantitative estimate of drug-likeness (QED) is 0.334. The Morgan fingerprint density at radius 3 is 2.43 bits per heavy atom. The zero-order chi connectivity index (χ0) is 20.6. The van der Waals surface area contributed by atoms with Gasteiger partial charge in [0, 0.05) is 5.69 Å². The number of hydrogen-bond donors (Lipinski definition) is 2. The first-order valence-electron chi connectivity index (χ1n) is 9.64. The highest BCUT2D eigenvalue weighted by Crippen LogP contribution is 2.21. The first-order chi connectivity index (χ1) is 14.8. The monoisotopic (exact) mass is 395 g/mol. The smallest absolute Gasteiger partial charge is 0.259 e. The summed E-state index contributed by atoms with van der Waals surface area (Å²) in [6, 6.07) is 31.2. The number of carbonyl (C=O) groups is 1. The fraction of sp³-hybridized carbons (Fsp3) is 0.0400. The van der Waals surface area contributed by atoms with Crippen LogP contribution >= 0.6 is 0 Å². The van der Waals surface area contributed by atoms with Crippen LogP contribution in [0.15, 0.2) is 102 Å². The van der Waals surface area contributed by atoms with Gasteiger partial charge in [0.1, 0.15) is 11.5 Å². The average molecular weight is 395 g/mol. The maximum absolute atomic E-state index is 12.1. The summed E-state index contributed by atoms with van der Waals surface area (Å²) in [5.41, 5.74) is 4.25. The van der Waals surface area contributed by atoms with Gasteiger partial charge in [-0.15, -0.1) is 0 Å². The fourth-order valence-electron chi connectivity index (χ4n) is 2.98. The van der Waals surface area contributed by atoms with Gasteiger partial charge in [-0.1, -0.05) is 60.7 Å². The molecule has 0 unspecified atom stereocenters. The molecule has 4 rings (SSSR count). The summed E-state index contributed by atoms with van der Waals surface area (Å²) in [7, 11) is 0. The standard InChI is InChI=1S/C25H21N3O2/c29-25(18-26-22-14-13-20-8-4-5-9-21(20)16-22)28-27-17-19-7-6-12-24(15-19)30-23-10-2-1-3-11-23/h1-17,26H,18H2,(H,28,29)/b27-17+. The molecule has 5 heteroatoms. The SMILES string of the molecule is O=C(CNc1ccc2ccccc2c1)N/N=C/c1cccc(Oc2ccccc2)c1. The van der Waals surface area contributed by atoms with Crippen LogP contribution in [0.2, 0.25) is 0 Å². The molecule has 1 amide bonds. The average Bonchev–Trinajstić information content (AvgIpc) is 2.78.